The minimum absolute atomic E-state index is 0.00273. The maximum atomic E-state index is 12.8. The van der Waals surface area contributed by atoms with Crippen LogP contribution in [-0.4, -0.2) is 60.6 Å². The van der Waals surface area contributed by atoms with Gasteiger partial charge in [-0.2, -0.15) is 13.4 Å². The molecule has 2 aliphatic rings. The summed E-state index contributed by atoms with van der Waals surface area (Å²) in [4.78, 5) is 33.9. The van der Waals surface area contributed by atoms with Gasteiger partial charge in [-0.3, -0.25) is 9.20 Å². The van der Waals surface area contributed by atoms with E-state index in [1.54, 1.807) is 23.2 Å². The highest BCUT2D eigenvalue weighted by atomic mass is 32.2. The second-order valence-electron chi connectivity index (χ2n) is 11.1. The monoisotopic (exact) mass is 560 g/mol. The van der Waals surface area contributed by atoms with Crippen molar-refractivity contribution in [1.82, 2.24) is 14.3 Å². The number of ether oxygens (including phenoxy) is 1. The van der Waals surface area contributed by atoms with E-state index in [4.69, 9.17) is 8.92 Å². The van der Waals surface area contributed by atoms with Crippen LogP contribution in [-0.2, 0) is 14.9 Å². The summed E-state index contributed by atoms with van der Waals surface area (Å²) in [6.45, 7) is 10.4. The van der Waals surface area contributed by atoms with Gasteiger partial charge < -0.3 is 18.7 Å². The van der Waals surface area contributed by atoms with Crippen LogP contribution in [0.2, 0.25) is 0 Å². The summed E-state index contributed by atoms with van der Waals surface area (Å²) in [7, 11) is -4.12. The maximum Gasteiger partial charge on any atom is 0.410 e. The van der Waals surface area contributed by atoms with Gasteiger partial charge in [-0.1, -0.05) is 29.0 Å². The zero-order valence-electron chi connectivity index (χ0n) is 22.0. The van der Waals surface area contributed by atoms with Crippen molar-refractivity contribution < 1.29 is 22.1 Å². The molecule has 3 aromatic rings. The molecule has 2 saturated heterocycles. The number of hydrogen-bond acceptors (Lipinski definition) is 9. The fourth-order valence-corrected chi connectivity index (χ4v) is 6.83. The third-order valence-electron chi connectivity index (χ3n) is 7.06. The van der Waals surface area contributed by atoms with Gasteiger partial charge in [0, 0.05) is 32.4 Å². The number of fused-ring (bicyclic) bond motifs is 1. The van der Waals surface area contributed by atoms with Crippen LogP contribution in [0.15, 0.2) is 46.2 Å². The number of piperidine rings is 1. The van der Waals surface area contributed by atoms with Crippen LogP contribution in [0.25, 0.3) is 4.96 Å². The van der Waals surface area contributed by atoms with E-state index >= 15 is 0 Å². The number of anilines is 1. The molecule has 5 rings (SSSR count). The average Bonchev–Trinajstić information content (AvgIpc) is 3.43. The standard InChI is InChI=1S/C26H32N4O6S2/c1-18-5-7-19(8-6-18)38(33,34)36-20-15-21(31)30-16-22(37-23(30)27-20)29-14-11-26(17-29)9-12-28(13-10-26)24(32)35-25(2,3)4/h5-8,15-16H,9-14,17H2,1-4H3. The molecule has 0 bridgehead atoms. The van der Waals surface area contributed by atoms with E-state index in [-0.39, 0.29) is 22.3 Å². The summed E-state index contributed by atoms with van der Waals surface area (Å²) in [5.41, 5.74) is 0.0967. The third kappa shape index (κ3) is 5.51. The molecule has 2 aliphatic heterocycles. The lowest BCUT2D eigenvalue weighted by Gasteiger charge is -2.39. The van der Waals surface area contributed by atoms with Gasteiger partial charge in [0.1, 0.15) is 15.5 Å². The highest BCUT2D eigenvalue weighted by Crippen LogP contribution is 2.43. The highest BCUT2D eigenvalue weighted by molar-refractivity contribution is 7.87. The second kappa shape index (κ2) is 9.57. The molecule has 1 amide bonds. The van der Waals surface area contributed by atoms with Crippen molar-refractivity contribution in [2.75, 3.05) is 31.1 Å². The van der Waals surface area contributed by atoms with Crippen molar-refractivity contribution in [2.45, 2.75) is 57.5 Å². The smallest absolute Gasteiger partial charge is 0.410 e. The number of carbonyl (C=O) groups is 1. The van der Waals surface area contributed by atoms with E-state index in [1.807, 2.05) is 27.7 Å². The van der Waals surface area contributed by atoms with Crippen molar-refractivity contribution in [2.24, 2.45) is 5.41 Å². The fourth-order valence-electron chi connectivity index (χ4n) is 4.95. The van der Waals surface area contributed by atoms with Gasteiger partial charge in [-0.05, 0) is 64.5 Å². The van der Waals surface area contributed by atoms with Gasteiger partial charge in [0.25, 0.3) is 5.56 Å². The number of hydrogen-bond donors (Lipinski definition) is 0. The van der Waals surface area contributed by atoms with Crippen molar-refractivity contribution in [3.05, 3.63) is 52.4 Å². The number of amides is 1. The summed E-state index contributed by atoms with van der Waals surface area (Å²) in [6.07, 6.45) is 4.26. The first-order chi connectivity index (χ1) is 17.8. The Balaban J connectivity index is 1.28. The summed E-state index contributed by atoms with van der Waals surface area (Å²) in [5.74, 6) is -0.253. The van der Waals surface area contributed by atoms with Gasteiger partial charge in [0.15, 0.2) is 0 Å². The molecule has 204 valence electrons. The number of carbonyl (C=O) groups excluding carboxylic acids is 1. The Labute approximate surface area is 225 Å². The van der Waals surface area contributed by atoms with Gasteiger partial charge in [-0.15, -0.1) is 0 Å². The molecule has 12 heteroatoms. The van der Waals surface area contributed by atoms with Crippen LogP contribution in [0, 0.1) is 12.3 Å². The van der Waals surface area contributed by atoms with Crippen molar-refractivity contribution in [1.29, 1.82) is 0 Å². The molecule has 0 radical (unpaired) electrons. The minimum Gasteiger partial charge on any atom is -0.444 e. The van der Waals surface area contributed by atoms with E-state index in [0.29, 0.717) is 18.1 Å². The van der Waals surface area contributed by atoms with Crippen LogP contribution in [0.4, 0.5) is 9.80 Å². The van der Waals surface area contributed by atoms with E-state index in [0.717, 1.165) is 49.0 Å². The summed E-state index contributed by atoms with van der Waals surface area (Å²) < 4.78 is 37.5. The number of nitrogens with zero attached hydrogens (tertiary/aromatic N) is 4. The number of rotatable bonds is 4. The Kier molecular flexibility index (Phi) is 6.67. The molecule has 0 unspecified atom stereocenters. The third-order valence-corrected chi connectivity index (χ3v) is 9.35. The largest absolute Gasteiger partial charge is 0.444 e. The lowest BCUT2D eigenvalue weighted by Crippen LogP contribution is -2.46. The molecule has 1 aromatic carbocycles. The Morgan fingerprint density at radius 3 is 2.39 bits per heavy atom. The maximum absolute atomic E-state index is 12.8. The number of benzene rings is 1. The van der Waals surface area contributed by atoms with E-state index in [9.17, 15) is 18.0 Å². The van der Waals surface area contributed by atoms with Crippen molar-refractivity contribution in [3.63, 3.8) is 0 Å². The first-order valence-electron chi connectivity index (χ1n) is 12.6. The molecule has 1 spiro atoms. The first kappa shape index (κ1) is 26.5. The molecule has 4 heterocycles. The average molecular weight is 561 g/mol. The Morgan fingerprint density at radius 1 is 1.08 bits per heavy atom. The topological polar surface area (TPSA) is 111 Å². The summed E-state index contributed by atoms with van der Waals surface area (Å²) in [5, 5.41) is 0.889. The molecule has 0 aliphatic carbocycles. The van der Waals surface area contributed by atoms with Crippen LogP contribution in [0.5, 0.6) is 5.88 Å². The first-order valence-corrected chi connectivity index (χ1v) is 14.8. The quantitative estimate of drug-likeness (QED) is 0.440. The van der Waals surface area contributed by atoms with Crippen LogP contribution in [0.1, 0.15) is 45.6 Å². The van der Waals surface area contributed by atoms with Crippen molar-refractivity contribution in [3.8, 4) is 5.88 Å². The number of aryl methyl sites for hydroxylation is 1. The van der Waals surface area contributed by atoms with Gasteiger partial charge in [0.2, 0.25) is 10.8 Å². The molecule has 2 aromatic heterocycles. The zero-order chi connectivity index (χ0) is 27.3. The minimum atomic E-state index is -4.12. The molecule has 0 saturated carbocycles. The molecule has 0 atom stereocenters. The van der Waals surface area contributed by atoms with Crippen LogP contribution in [0.3, 0.4) is 0 Å². The second-order valence-corrected chi connectivity index (χ2v) is 13.7. The van der Waals surface area contributed by atoms with Gasteiger partial charge >= 0.3 is 16.2 Å². The highest BCUT2D eigenvalue weighted by Gasteiger charge is 2.42. The Hall–Kier alpha value is -3.12. The fraction of sp³-hybridized carbons (Fsp3) is 0.500. The molecule has 10 nitrogen and oxygen atoms in total. The normalized spacial score (nSPS) is 17.8. The lowest BCUT2D eigenvalue weighted by atomic mass is 9.78. The number of thiazole rings is 1. The van der Waals surface area contributed by atoms with Crippen LogP contribution < -0.4 is 14.6 Å². The Bertz CT molecular complexity index is 1510. The van der Waals surface area contributed by atoms with E-state index in [2.05, 4.69) is 9.88 Å². The Morgan fingerprint density at radius 2 is 1.74 bits per heavy atom. The number of likely N-dealkylation sites (tertiary alicyclic amines) is 1. The van der Waals surface area contributed by atoms with E-state index in [1.165, 1.54) is 27.9 Å². The summed E-state index contributed by atoms with van der Waals surface area (Å²) >= 11 is 1.32. The van der Waals surface area contributed by atoms with E-state index < -0.39 is 21.3 Å². The zero-order valence-corrected chi connectivity index (χ0v) is 23.6. The molecular formula is C26H32N4O6S2. The van der Waals surface area contributed by atoms with Crippen molar-refractivity contribution >= 4 is 37.5 Å². The molecule has 38 heavy (non-hydrogen) atoms. The molecular weight excluding hydrogens is 528 g/mol. The predicted molar refractivity (Wildman–Crippen MR) is 145 cm³/mol. The molecule has 2 fully saturated rings. The van der Waals surface area contributed by atoms with Gasteiger partial charge in [0.05, 0.1) is 6.07 Å². The predicted octanol–water partition coefficient (Wildman–Crippen LogP) is 4.06. The SMILES string of the molecule is Cc1ccc(S(=O)(=O)Oc2cc(=O)n3cc(N4CCC5(CCN(C(=O)OC(C)(C)C)CC5)C4)sc3n2)cc1. The lowest BCUT2D eigenvalue weighted by molar-refractivity contribution is 0.0122. The number of aromatic nitrogens is 2. The van der Waals surface area contributed by atoms with Gasteiger partial charge in [-0.25, -0.2) is 4.79 Å². The molecule has 0 N–H and O–H groups in total. The van der Waals surface area contributed by atoms with Crippen LogP contribution >= 0.6 is 11.3 Å². The summed E-state index contributed by atoms with van der Waals surface area (Å²) in [6, 6.07) is 7.36.